The second-order valence-electron chi connectivity index (χ2n) is 5.35. The van der Waals surface area contributed by atoms with Crippen LogP contribution in [0.3, 0.4) is 0 Å². The van der Waals surface area contributed by atoms with E-state index in [-0.39, 0.29) is 16.8 Å². The molecule has 0 aliphatic heterocycles. The second-order valence-corrected chi connectivity index (χ2v) is 5.35. The van der Waals surface area contributed by atoms with Crippen molar-refractivity contribution in [3.05, 3.63) is 96.6 Å². The maximum atomic E-state index is 13.7. The second kappa shape index (κ2) is 10.5. The molecule has 27 heavy (non-hydrogen) atoms. The summed E-state index contributed by atoms with van der Waals surface area (Å²) in [7, 11) is 0. The first-order chi connectivity index (χ1) is 13.1. The summed E-state index contributed by atoms with van der Waals surface area (Å²) < 4.78 is 18.6. The van der Waals surface area contributed by atoms with E-state index in [9.17, 15) is 14.1 Å². The molecule has 0 bridgehead atoms. The van der Waals surface area contributed by atoms with Crippen LogP contribution in [0.1, 0.15) is 23.7 Å². The highest BCUT2D eigenvalue weighted by Gasteiger charge is 2.16. The Balaban J connectivity index is 0.000000208. The van der Waals surface area contributed by atoms with Crippen LogP contribution in [0.25, 0.3) is 0 Å². The molecule has 0 unspecified atom stereocenters. The van der Waals surface area contributed by atoms with Crippen molar-refractivity contribution in [2.45, 2.75) is 13.3 Å². The zero-order valence-corrected chi connectivity index (χ0v) is 14.8. The van der Waals surface area contributed by atoms with Gasteiger partial charge in [0.1, 0.15) is 5.75 Å². The first-order valence-corrected chi connectivity index (χ1v) is 8.39. The van der Waals surface area contributed by atoms with Crippen LogP contribution < -0.4 is 9.86 Å². The van der Waals surface area contributed by atoms with Gasteiger partial charge in [0.15, 0.2) is 0 Å². The fraction of sp³-hybridized carbons (Fsp3) is 0.0909. The Morgan fingerprint density at radius 2 is 1.48 bits per heavy atom. The summed E-state index contributed by atoms with van der Waals surface area (Å²) in [5.41, 5.74) is 0.519. The quantitative estimate of drug-likeness (QED) is 0.371. The normalized spacial score (nSPS) is 9.56. The van der Waals surface area contributed by atoms with Gasteiger partial charge in [-0.2, -0.15) is 0 Å². The molecule has 4 nitrogen and oxygen atoms in total. The summed E-state index contributed by atoms with van der Waals surface area (Å²) in [6.45, 7) is 1.77. The number of nitrogens with zero attached hydrogens (tertiary/aromatic N) is 1. The molecule has 137 valence electrons. The van der Waals surface area contributed by atoms with Crippen LogP contribution in [0.15, 0.2) is 84.9 Å². The predicted octanol–water partition coefficient (Wildman–Crippen LogP) is 5.02. The van der Waals surface area contributed by atoms with Crippen LogP contribution >= 0.6 is 0 Å². The third-order valence-electron chi connectivity index (χ3n) is 3.39. The van der Waals surface area contributed by atoms with E-state index < -0.39 is 5.91 Å². The number of amides is 1. The number of anilines is 1. The molecular formula is C22H19FNO3. The lowest BCUT2D eigenvalue weighted by atomic mass is 10.2. The molecule has 0 saturated heterocycles. The van der Waals surface area contributed by atoms with Crippen molar-refractivity contribution in [1.29, 1.82) is 0 Å². The molecule has 0 aliphatic carbocycles. The number of hydrogen-bond acceptors (Lipinski definition) is 3. The fourth-order valence-electron chi connectivity index (χ4n) is 2.01. The average Bonchev–Trinajstić information content (AvgIpc) is 2.75. The number of esters is 1. The molecule has 0 aromatic heterocycles. The van der Waals surface area contributed by atoms with Crippen molar-refractivity contribution in [1.82, 2.24) is 0 Å². The minimum Gasteiger partial charge on any atom is -0.427 e. The average molecular weight is 364 g/mol. The Hall–Kier alpha value is -3.47. The molecule has 3 aromatic carbocycles. The molecule has 0 atom stereocenters. The number of para-hydroxylation sites is 1. The highest BCUT2D eigenvalue weighted by Crippen LogP contribution is 2.16. The number of hydrogen-bond donors (Lipinski definition) is 0. The highest BCUT2D eigenvalue weighted by atomic mass is 19.2. The van der Waals surface area contributed by atoms with Gasteiger partial charge in [-0.05, 0) is 42.5 Å². The summed E-state index contributed by atoms with van der Waals surface area (Å²) in [5, 5.41) is 0.128. The molecule has 0 N–H and O–H groups in total. The Morgan fingerprint density at radius 1 is 0.926 bits per heavy atom. The zero-order valence-electron chi connectivity index (χ0n) is 14.8. The highest BCUT2D eigenvalue weighted by molar-refractivity contribution is 6.04. The van der Waals surface area contributed by atoms with E-state index in [0.29, 0.717) is 17.7 Å². The molecule has 0 heterocycles. The lowest BCUT2D eigenvalue weighted by Gasteiger charge is -2.11. The number of ether oxygens (including phenoxy) is 1. The van der Waals surface area contributed by atoms with Crippen molar-refractivity contribution in [3.8, 4) is 5.75 Å². The van der Waals surface area contributed by atoms with E-state index in [1.807, 2.05) is 18.2 Å². The van der Waals surface area contributed by atoms with Crippen LogP contribution in [0.2, 0.25) is 0 Å². The Bertz CT molecular complexity index is 839. The van der Waals surface area contributed by atoms with Crippen LogP contribution in [0, 0.1) is 6.07 Å². The number of rotatable bonds is 4. The lowest BCUT2D eigenvalue weighted by molar-refractivity contribution is -0.134. The standard InChI is InChI=1S/C13H9FNO.C9H10O2/c14-15(12-9-5-2-6-10-12)13(16)11-7-3-1-4-8-11;1-2-9(10)11-8-6-4-3-5-7-8/h1,3-10H;3-7H,2H2,1H3. The molecule has 3 rings (SSSR count). The van der Waals surface area contributed by atoms with Gasteiger partial charge in [0.05, 0.1) is 5.69 Å². The van der Waals surface area contributed by atoms with E-state index in [2.05, 4.69) is 6.07 Å². The summed E-state index contributed by atoms with van der Waals surface area (Å²) in [5.74, 6) is -0.262. The Labute approximate surface area is 157 Å². The van der Waals surface area contributed by atoms with Gasteiger partial charge in [0.25, 0.3) is 5.91 Å². The number of carbonyl (C=O) groups is 2. The number of halogens is 1. The maximum absolute atomic E-state index is 13.7. The van der Waals surface area contributed by atoms with Gasteiger partial charge in [-0.25, -0.2) is 0 Å². The Morgan fingerprint density at radius 3 is 2.04 bits per heavy atom. The maximum Gasteiger partial charge on any atom is 0.310 e. The van der Waals surface area contributed by atoms with Crippen molar-refractivity contribution >= 4 is 17.6 Å². The van der Waals surface area contributed by atoms with Crippen molar-refractivity contribution in [2.24, 2.45) is 0 Å². The van der Waals surface area contributed by atoms with Crippen molar-refractivity contribution in [2.75, 3.05) is 5.12 Å². The van der Waals surface area contributed by atoms with Gasteiger partial charge in [-0.15, -0.1) is 5.12 Å². The minimum atomic E-state index is -0.674. The minimum absolute atomic E-state index is 0.128. The molecule has 0 spiro atoms. The molecule has 1 radical (unpaired) electrons. The Kier molecular flexibility index (Phi) is 7.72. The SMILES string of the molecule is CCC(=O)Oc1ccccc1.O=C(c1ccccc1)N(F)c1cc[c]cc1. The third-order valence-corrected chi connectivity index (χ3v) is 3.39. The van der Waals surface area contributed by atoms with Crippen LogP contribution in [0.4, 0.5) is 10.2 Å². The van der Waals surface area contributed by atoms with E-state index in [0.717, 1.165) is 0 Å². The number of benzene rings is 3. The zero-order chi connectivity index (χ0) is 19.5. The van der Waals surface area contributed by atoms with Crippen LogP contribution in [0.5, 0.6) is 5.75 Å². The first-order valence-electron chi connectivity index (χ1n) is 8.39. The molecule has 0 aliphatic rings. The summed E-state index contributed by atoms with van der Waals surface area (Å²) in [6.07, 6.45) is 0.412. The summed E-state index contributed by atoms with van der Waals surface area (Å²) in [6, 6.07) is 26.2. The van der Waals surface area contributed by atoms with E-state index in [1.165, 1.54) is 12.1 Å². The fourth-order valence-corrected chi connectivity index (χ4v) is 2.01. The van der Waals surface area contributed by atoms with Gasteiger partial charge >= 0.3 is 5.97 Å². The summed E-state index contributed by atoms with van der Waals surface area (Å²) in [4.78, 5) is 22.4. The van der Waals surface area contributed by atoms with E-state index in [4.69, 9.17) is 4.74 Å². The van der Waals surface area contributed by atoms with Gasteiger partial charge in [-0.1, -0.05) is 59.9 Å². The van der Waals surface area contributed by atoms with Gasteiger partial charge in [-0.3, -0.25) is 9.59 Å². The van der Waals surface area contributed by atoms with E-state index >= 15 is 0 Å². The lowest BCUT2D eigenvalue weighted by Crippen LogP contribution is -2.21. The molecule has 5 heteroatoms. The number of carbonyl (C=O) groups excluding carboxylic acids is 2. The van der Waals surface area contributed by atoms with Crippen molar-refractivity contribution in [3.63, 3.8) is 0 Å². The third kappa shape index (κ3) is 6.40. The molecule has 0 saturated carbocycles. The monoisotopic (exact) mass is 364 g/mol. The van der Waals surface area contributed by atoms with Crippen molar-refractivity contribution < 1.29 is 18.8 Å². The molecule has 1 amide bonds. The van der Waals surface area contributed by atoms with Crippen LogP contribution in [-0.4, -0.2) is 11.9 Å². The largest absolute Gasteiger partial charge is 0.427 e. The summed E-state index contributed by atoms with van der Waals surface area (Å²) >= 11 is 0. The van der Waals surface area contributed by atoms with Gasteiger partial charge < -0.3 is 4.74 Å². The molecule has 0 fully saturated rings. The smallest absolute Gasteiger partial charge is 0.310 e. The molecular weight excluding hydrogens is 345 g/mol. The topological polar surface area (TPSA) is 46.6 Å². The van der Waals surface area contributed by atoms with E-state index in [1.54, 1.807) is 61.5 Å². The predicted molar refractivity (Wildman–Crippen MR) is 102 cm³/mol. The molecule has 3 aromatic rings. The van der Waals surface area contributed by atoms with Gasteiger partial charge in [0.2, 0.25) is 0 Å². The van der Waals surface area contributed by atoms with Crippen LogP contribution in [-0.2, 0) is 4.79 Å². The first kappa shape index (κ1) is 19.8. The van der Waals surface area contributed by atoms with Gasteiger partial charge in [0, 0.05) is 12.0 Å².